The summed E-state index contributed by atoms with van der Waals surface area (Å²) in [6.45, 7) is 1.90. The molecule has 2 rings (SSSR count). The molecule has 0 radical (unpaired) electrons. The topological polar surface area (TPSA) is 52.3 Å². The fourth-order valence-electron chi connectivity index (χ4n) is 2.02. The molecule has 0 atom stereocenters. The van der Waals surface area contributed by atoms with Crippen molar-refractivity contribution in [3.8, 4) is 5.75 Å². The van der Waals surface area contributed by atoms with Crippen LogP contribution in [-0.2, 0) is 6.42 Å². The molecule has 0 aliphatic carbocycles. The van der Waals surface area contributed by atoms with Gasteiger partial charge < -0.3 is 10.5 Å². The molecule has 0 unspecified atom stereocenters. The molecule has 0 spiro atoms. The number of nitrogens with two attached hydrogens (primary N) is 1. The summed E-state index contributed by atoms with van der Waals surface area (Å²) in [5.74, 6) is 0.891. The second-order valence-corrected chi connectivity index (χ2v) is 4.52. The van der Waals surface area contributed by atoms with E-state index in [2.05, 4.69) is 0 Å². The highest BCUT2D eigenvalue weighted by atomic mass is 16.5. The zero-order valence-corrected chi connectivity index (χ0v) is 11.1. The lowest BCUT2D eigenvalue weighted by atomic mass is 9.99. The van der Waals surface area contributed by atoms with Gasteiger partial charge in [-0.2, -0.15) is 0 Å². The van der Waals surface area contributed by atoms with E-state index in [0.717, 1.165) is 22.4 Å². The zero-order valence-electron chi connectivity index (χ0n) is 11.1. The summed E-state index contributed by atoms with van der Waals surface area (Å²) in [6.07, 6.45) is 0.384. The molecule has 0 saturated heterocycles. The predicted molar refractivity (Wildman–Crippen MR) is 76.6 cm³/mol. The largest absolute Gasteiger partial charge is 0.497 e. The number of ketones is 1. The maximum Gasteiger partial charge on any atom is 0.167 e. The third-order valence-electron chi connectivity index (χ3n) is 3.07. The van der Waals surface area contributed by atoms with Gasteiger partial charge in [0, 0.05) is 17.7 Å². The number of rotatable bonds is 4. The van der Waals surface area contributed by atoms with Crippen LogP contribution in [0.15, 0.2) is 42.5 Å². The number of ether oxygens (including phenoxy) is 1. The van der Waals surface area contributed by atoms with Crippen molar-refractivity contribution in [1.29, 1.82) is 0 Å². The monoisotopic (exact) mass is 255 g/mol. The molecule has 0 aliphatic heterocycles. The molecule has 0 bridgehead atoms. The van der Waals surface area contributed by atoms with E-state index in [-0.39, 0.29) is 5.78 Å². The molecule has 0 saturated carbocycles. The van der Waals surface area contributed by atoms with Crippen molar-refractivity contribution < 1.29 is 9.53 Å². The van der Waals surface area contributed by atoms with E-state index in [1.54, 1.807) is 19.2 Å². The van der Waals surface area contributed by atoms with E-state index < -0.39 is 0 Å². The summed E-state index contributed by atoms with van der Waals surface area (Å²) in [6, 6.07) is 12.9. The Hall–Kier alpha value is -2.29. The van der Waals surface area contributed by atoms with Crippen molar-refractivity contribution in [3.63, 3.8) is 0 Å². The van der Waals surface area contributed by atoms with Crippen LogP contribution in [0.2, 0.25) is 0 Å². The molecule has 98 valence electrons. The lowest BCUT2D eigenvalue weighted by molar-refractivity contribution is 0.0992. The van der Waals surface area contributed by atoms with Gasteiger partial charge in [-0.15, -0.1) is 0 Å². The van der Waals surface area contributed by atoms with Crippen LogP contribution in [0, 0.1) is 6.92 Å². The molecule has 0 fully saturated rings. The van der Waals surface area contributed by atoms with Gasteiger partial charge in [-0.25, -0.2) is 0 Å². The van der Waals surface area contributed by atoms with E-state index in [1.807, 2.05) is 37.3 Å². The highest BCUT2D eigenvalue weighted by molar-refractivity contribution is 5.99. The number of hydrogen-bond acceptors (Lipinski definition) is 3. The van der Waals surface area contributed by atoms with Gasteiger partial charge in [0.25, 0.3) is 0 Å². The van der Waals surface area contributed by atoms with Crippen LogP contribution in [0.5, 0.6) is 5.75 Å². The summed E-state index contributed by atoms with van der Waals surface area (Å²) < 4.78 is 5.09. The number of nitrogen functional groups attached to an aromatic ring is 1. The number of anilines is 1. The molecule has 0 aromatic heterocycles. The first-order valence-corrected chi connectivity index (χ1v) is 6.12. The lowest BCUT2D eigenvalue weighted by Crippen LogP contribution is -2.06. The Labute approximate surface area is 113 Å². The fraction of sp³-hybridized carbons (Fsp3) is 0.188. The van der Waals surface area contributed by atoms with E-state index in [4.69, 9.17) is 10.5 Å². The number of methoxy groups -OCH3 is 1. The van der Waals surface area contributed by atoms with Crippen molar-refractivity contribution >= 4 is 11.5 Å². The first kappa shape index (κ1) is 13.1. The third-order valence-corrected chi connectivity index (χ3v) is 3.07. The molecule has 2 aromatic rings. The Morgan fingerprint density at radius 1 is 1.16 bits per heavy atom. The van der Waals surface area contributed by atoms with E-state index >= 15 is 0 Å². The minimum atomic E-state index is 0.0997. The number of aryl methyl sites for hydroxylation is 1. The van der Waals surface area contributed by atoms with Gasteiger partial charge in [0.15, 0.2) is 5.78 Å². The van der Waals surface area contributed by atoms with E-state index in [0.29, 0.717) is 12.1 Å². The van der Waals surface area contributed by atoms with E-state index in [1.165, 1.54) is 0 Å². The smallest absolute Gasteiger partial charge is 0.167 e. The van der Waals surface area contributed by atoms with Crippen LogP contribution >= 0.6 is 0 Å². The molecular weight excluding hydrogens is 238 g/mol. The second-order valence-electron chi connectivity index (χ2n) is 4.52. The van der Waals surface area contributed by atoms with Crippen LogP contribution in [0.4, 0.5) is 5.69 Å². The fourth-order valence-corrected chi connectivity index (χ4v) is 2.02. The van der Waals surface area contributed by atoms with Gasteiger partial charge in [0.1, 0.15) is 5.75 Å². The van der Waals surface area contributed by atoms with E-state index in [9.17, 15) is 4.79 Å². The normalized spacial score (nSPS) is 10.2. The Kier molecular flexibility index (Phi) is 3.85. The van der Waals surface area contributed by atoms with Gasteiger partial charge in [0.2, 0.25) is 0 Å². The van der Waals surface area contributed by atoms with Gasteiger partial charge in [-0.3, -0.25) is 4.79 Å². The summed E-state index contributed by atoms with van der Waals surface area (Å²) in [5, 5.41) is 0. The zero-order chi connectivity index (χ0) is 13.8. The molecular formula is C16H17NO2. The molecule has 0 heterocycles. The lowest BCUT2D eigenvalue weighted by Gasteiger charge is -2.07. The van der Waals surface area contributed by atoms with Crippen molar-refractivity contribution in [2.75, 3.05) is 12.8 Å². The van der Waals surface area contributed by atoms with Crippen molar-refractivity contribution in [1.82, 2.24) is 0 Å². The van der Waals surface area contributed by atoms with Crippen LogP contribution in [0.3, 0.4) is 0 Å². The highest BCUT2D eigenvalue weighted by Crippen LogP contribution is 2.17. The summed E-state index contributed by atoms with van der Waals surface area (Å²) >= 11 is 0. The Morgan fingerprint density at radius 3 is 2.42 bits per heavy atom. The SMILES string of the molecule is COc1ccc(CC(=O)c2ccc(N)cc2C)cc1. The number of Topliss-reactive ketones (excluding diaryl/α,β-unsaturated/α-hetero) is 1. The van der Waals surface area contributed by atoms with Gasteiger partial charge in [-0.05, 0) is 48.4 Å². The standard InChI is InChI=1S/C16H17NO2/c1-11-9-13(17)5-8-15(11)16(18)10-12-3-6-14(19-2)7-4-12/h3-9H,10,17H2,1-2H3. The van der Waals surface area contributed by atoms with Crippen LogP contribution in [0.1, 0.15) is 21.5 Å². The summed E-state index contributed by atoms with van der Waals surface area (Å²) in [7, 11) is 1.62. The van der Waals surface area contributed by atoms with Crippen LogP contribution in [-0.4, -0.2) is 12.9 Å². The minimum Gasteiger partial charge on any atom is -0.497 e. The maximum atomic E-state index is 12.2. The van der Waals surface area contributed by atoms with Crippen LogP contribution in [0.25, 0.3) is 0 Å². The Morgan fingerprint density at radius 2 is 1.84 bits per heavy atom. The van der Waals surface area contributed by atoms with Crippen LogP contribution < -0.4 is 10.5 Å². The Balaban J connectivity index is 2.15. The average Bonchev–Trinajstić information content (AvgIpc) is 2.39. The number of carbonyl (C=O) groups excluding carboxylic acids is 1. The predicted octanol–water partition coefficient (Wildman–Crippen LogP) is 3.01. The molecule has 19 heavy (non-hydrogen) atoms. The van der Waals surface area contributed by atoms with Gasteiger partial charge in [-0.1, -0.05) is 12.1 Å². The number of carbonyl (C=O) groups is 1. The maximum absolute atomic E-state index is 12.2. The molecule has 0 aliphatic rings. The van der Waals surface area contributed by atoms with Crippen molar-refractivity contribution in [2.45, 2.75) is 13.3 Å². The first-order valence-electron chi connectivity index (χ1n) is 6.12. The van der Waals surface area contributed by atoms with Gasteiger partial charge in [0.05, 0.1) is 7.11 Å². The quantitative estimate of drug-likeness (QED) is 0.675. The highest BCUT2D eigenvalue weighted by Gasteiger charge is 2.10. The summed E-state index contributed by atoms with van der Waals surface area (Å²) in [4.78, 5) is 12.2. The molecule has 2 aromatic carbocycles. The Bertz CT molecular complexity index is 588. The van der Waals surface area contributed by atoms with Crippen molar-refractivity contribution in [3.05, 3.63) is 59.2 Å². The third kappa shape index (κ3) is 3.13. The number of benzene rings is 2. The molecule has 3 heteroatoms. The van der Waals surface area contributed by atoms with Gasteiger partial charge >= 0.3 is 0 Å². The first-order chi connectivity index (χ1) is 9.10. The summed E-state index contributed by atoms with van der Waals surface area (Å²) in [5.41, 5.74) is 8.98. The van der Waals surface area contributed by atoms with Crippen molar-refractivity contribution in [2.24, 2.45) is 0 Å². The molecule has 3 nitrogen and oxygen atoms in total. The minimum absolute atomic E-state index is 0.0997. The number of hydrogen-bond donors (Lipinski definition) is 1. The second kappa shape index (κ2) is 5.57. The molecule has 2 N–H and O–H groups in total. The molecule has 0 amide bonds. The average molecular weight is 255 g/mol.